The third-order valence-corrected chi connectivity index (χ3v) is 3.74. The summed E-state index contributed by atoms with van der Waals surface area (Å²) in [5.41, 5.74) is 1.10. The van der Waals surface area contributed by atoms with Gasteiger partial charge in [-0.25, -0.2) is 0 Å². The van der Waals surface area contributed by atoms with E-state index in [4.69, 9.17) is 4.42 Å². The fraction of sp³-hybridized carbons (Fsp3) is 0.231. The standard InChI is InChI=1S/C13H13Br2NO2/c14-11-6-9(7-12(15)13(11)17)8-16-4-3-10-2-1-5-18-10/h1-2,5-7,16-17H,3-4,8H2. The molecule has 1 heterocycles. The molecule has 2 rings (SSSR count). The van der Waals surface area contributed by atoms with Gasteiger partial charge in [0, 0.05) is 19.5 Å². The molecule has 0 saturated heterocycles. The molecule has 0 aliphatic carbocycles. The first-order valence-corrected chi connectivity index (χ1v) is 7.15. The van der Waals surface area contributed by atoms with E-state index in [9.17, 15) is 5.11 Å². The van der Waals surface area contributed by atoms with E-state index in [2.05, 4.69) is 37.2 Å². The Morgan fingerprint density at radius 3 is 2.56 bits per heavy atom. The number of halogens is 2. The summed E-state index contributed by atoms with van der Waals surface area (Å²) in [4.78, 5) is 0. The van der Waals surface area contributed by atoms with Gasteiger partial charge in [-0.3, -0.25) is 0 Å². The van der Waals surface area contributed by atoms with Gasteiger partial charge in [-0.2, -0.15) is 0 Å². The molecule has 0 fully saturated rings. The molecule has 0 unspecified atom stereocenters. The van der Waals surface area contributed by atoms with Crippen LogP contribution >= 0.6 is 31.9 Å². The van der Waals surface area contributed by atoms with E-state index >= 15 is 0 Å². The van der Waals surface area contributed by atoms with Crippen LogP contribution in [0.5, 0.6) is 5.75 Å². The highest BCUT2D eigenvalue weighted by Gasteiger charge is 2.05. The number of hydrogen-bond acceptors (Lipinski definition) is 3. The Bertz CT molecular complexity index is 489. The van der Waals surface area contributed by atoms with Crippen molar-refractivity contribution in [3.05, 3.63) is 50.8 Å². The van der Waals surface area contributed by atoms with Crippen molar-refractivity contribution in [3.8, 4) is 5.75 Å². The van der Waals surface area contributed by atoms with Gasteiger partial charge in [-0.15, -0.1) is 0 Å². The van der Waals surface area contributed by atoms with Gasteiger partial charge in [0.05, 0.1) is 15.2 Å². The second-order valence-corrected chi connectivity index (χ2v) is 5.62. The highest BCUT2D eigenvalue weighted by atomic mass is 79.9. The molecule has 0 aliphatic rings. The van der Waals surface area contributed by atoms with E-state index in [1.807, 2.05) is 24.3 Å². The van der Waals surface area contributed by atoms with Crippen molar-refractivity contribution >= 4 is 31.9 Å². The average Bonchev–Trinajstić information content (AvgIpc) is 2.84. The van der Waals surface area contributed by atoms with Crippen molar-refractivity contribution in [3.63, 3.8) is 0 Å². The normalized spacial score (nSPS) is 10.8. The molecule has 2 N–H and O–H groups in total. The Labute approximate surface area is 122 Å². The lowest BCUT2D eigenvalue weighted by Crippen LogP contribution is -2.16. The molecule has 0 saturated carbocycles. The van der Waals surface area contributed by atoms with Gasteiger partial charge in [0.1, 0.15) is 11.5 Å². The Balaban J connectivity index is 1.83. The SMILES string of the molecule is Oc1c(Br)cc(CNCCc2ccco2)cc1Br. The Hall–Kier alpha value is -0.780. The molecule has 1 aromatic carbocycles. The number of rotatable bonds is 5. The van der Waals surface area contributed by atoms with Crippen molar-refractivity contribution in [1.29, 1.82) is 0 Å². The monoisotopic (exact) mass is 373 g/mol. The van der Waals surface area contributed by atoms with E-state index in [-0.39, 0.29) is 5.75 Å². The number of phenols is 1. The van der Waals surface area contributed by atoms with Crippen LogP contribution in [0, 0.1) is 0 Å². The molecule has 0 atom stereocenters. The minimum Gasteiger partial charge on any atom is -0.506 e. The lowest BCUT2D eigenvalue weighted by Gasteiger charge is -2.07. The van der Waals surface area contributed by atoms with E-state index in [0.717, 1.165) is 30.8 Å². The number of hydrogen-bond donors (Lipinski definition) is 2. The van der Waals surface area contributed by atoms with Gasteiger partial charge in [-0.05, 0) is 61.7 Å². The van der Waals surface area contributed by atoms with Crippen molar-refractivity contribution in [2.45, 2.75) is 13.0 Å². The van der Waals surface area contributed by atoms with Gasteiger partial charge in [0.2, 0.25) is 0 Å². The van der Waals surface area contributed by atoms with Crippen molar-refractivity contribution < 1.29 is 9.52 Å². The second kappa shape index (κ2) is 6.41. The first kappa shape index (κ1) is 13.6. The lowest BCUT2D eigenvalue weighted by molar-refractivity contribution is 0.468. The van der Waals surface area contributed by atoms with E-state index in [0.29, 0.717) is 8.95 Å². The molecule has 0 spiro atoms. The zero-order valence-electron chi connectivity index (χ0n) is 9.62. The Kier molecular flexibility index (Phi) is 4.86. The van der Waals surface area contributed by atoms with Crippen molar-refractivity contribution in [2.24, 2.45) is 0 Å². The topological polar surface area (TPSA) is 45.4 Å². The van der Waals surface area contributed by atoms with Gasteiger partial charge >= 0.3 is 0 Å². The van der Waals surface area contributed by atoms with Gasteiger partial charge in [0.15, 0.2) is 0 Å². The number of furan rings is 1. The maximum absolute atomic E-state index is 9.60. The quantitative estimate of drug-likeness (QED) is 0.781. The van der Waals surface area contributed by atoms with E-state index < -0.39 is 0 Å². The molecule has 2 aromatic rings. The molecule has 1 aromatic heterocycles. The highest BCUT2D eigenvalue weighted by Crippen LogP contribution is 2.33. The maximum atomic E-state index is 9.60. The van der Waals surface area contributed by atoms with Crippen LogP contribution < -0.4 is 5.32 Å². The number of phenolic OH excluding ortho intramolecular Hbond substituents is 1. The van der Waals surface area contributed by atoms with Gasteiger partial charge < -0.3 is 14.8 Å². The smallest absolute Gasteiger partial charge is 0.143 e. The predicted molar refractivity (Wildman–Crippen MR) is 77.6 cm³/mol. The van der Waals surface area contributed by atoms with Crippen molar-refractivity contribution in [2.75, 3.05) is 6.54 Å². The van der Waals surface area contributed by atoms with Crippen LogP contribution in [0.4, 0.5) is 0 Å². The van der Waals surface area contributed by atoms with Crippen LogP contribution in [0.25, 0.3) is 0 Å². The largest absolute Gasteiger partial charge is 0.506 e. The van der Waals surface area contributed by atoms with Crippen LogP contribution in [0.1, 0.15) is 11.3 Å². The Morgan fingerprint density at radius 1 is 1.22 bits per heavy atom. The first-order valence-electron chi connectivity index (χ1n) is 5.57. The summed E-state index contributed by atoms with van der Waals surface area (Å²) in [5, 5.41) is 12.9. The third-order valence-electron chi connectivity index (χ3n) is 2.53. The Morgan fingerprint density at radius 2 is 1.94 bits per heavy atom. The van der Waals surface area contributed by atoms with Crippen molar-refractivity contribution in [1.82, 2.24) is 5.32 Å². The van der Waals surface area contributed by atoms with Crippen LogP contribution in [0.3, 0.4) is 0 Å². The molecule has 3 nitrogen and oxygen atoms in total. The minimum atomic E-state index is 0.231. The number of aromatic hydroxyl groups is 1. The second-order valence-electron chi connectivity index (χ2n) is 3.91. The van der Waals surface area contributed by atoms with Crippen LogP contribution in [0.15, 0.2) is 43.9 Å². The summed E-state index contributed by atoms with van der Waals surface area (Å²) in [6, 6.07) is 7.67. The number of benzene rings is 1. The lowest BCUT2D eigenvalue weighted by atomic mass is 10.2. The van der Waals surface area contributed by atoms with Gasteiger partial charge in [0.25, 0.3) is 0 Å². The van der Waals surface area contributed by atoms with E-state index in [1.165, 1.54) is 0 Å². The zero-order chi connectivity index (χ0) is 13.0. The number of nitrogens with one attached hydrogen (secondary N) is 1. The maximum Gasteiger partial charge on any atom is 0.143 e. The van der Waals surface area contributed by atoms with Crippen LogP contribution in [-0.2, 0) is 13.0 Å². The third kappa shape index (κ3) is 3.60. The predicted octanol–water partition coefficient (Wildman–Crippen LogP) is 3.84. The average molecular weight is 375 g/mol. The highest BCUT2D eigenvalue weighted by molar-refractivity contribution is 9.11. The minimum absolute atomic E-state index is 0.231. The molecule has 0 bridgehead atoms. The summed E-state index contributed by atoms with van der Waals surface area (Å²) >= 11 is 6.63. The zero-order valence-corrected chi connectivity index (χ0v) is 12.8. The van der Waals surface area contributed by atoms with E-state index in [1.54, 1.807) is 6.26 Å². The summed E-state index contributed by atoms with van der Waals surface area (Å²) in [6.07, 6.45) is 2.55. The molecule has 0 radical (unpaired) electrons. The van der Waals surface area contributed by atoms with Crippen LogP contribution in [-0.4, -0.2) is 11.7 Å². The summed E-state index contributed by atoms with van der Waals surface area (Å²) < 4.78 is 6.64. The molecule has 18 heavy (non-hydrogen) atoms. The fourth-order valence-electron chi connectivity index (χ4n) is 1.62. The first-order chi connectivity index (χ1) is 8.66. The molecule has 0 aliphatic heterocycles. The fourth-order valence-corrected chi connectivity index (χ4v) is 2.90. The summed E-state index contributed by atoms with van der Waals surface area (Å²) in [5.74, 6) is 1.21. The molecular formula is C13H13Br2NO2. The molecular weight excluding hydrogens is 362 g/mol. The summed E-state index contributed by atoms with van der Waals surface area (Å²) in [6.45, 7) is 1.60. The summed E-state index contributed by atoms with van der Waals surface area (Å²) in [7, 11) is 0. The van der Waals surface area contributed by atoms with Gasteiger partial charge in [-0.1, -0.05) is 0 Å². The molecule has 96 valence electrons. The van der Waals surface area contributed by atoms with Crippen LogP contribution in [0.2, 0.25) is 0 Å². The molecule has 5 heteroatoms. The molecule has 0 amide bonds.